The molecule has 2 fully saturated rings. The number of rotatable bonds is 6. The number of urea groups is 1. The lowest BCUT2D eigenvalue weighted by Crippen LogP contribution is -2.49. The molecule has 1 saturated carbocycles. The highest BCUT2D eigenvalue weighted by Crippen LogP contribution is 2.40. The smallest absolute Gasteiger partial charge is 0.315 e. The molecule has 4 unspecified atom stereocenters. The summed E-state index contributed by atoms with van der Waals surface area (Å²) in [6, 6.07) is 5.19. The summed E-state index contributed by atoms with van der Waals surface area (Å²) in [5.41, 5.74) is 1.03. The number of nitrogens with one attached hydrogen (secondary N) is 3. The van der Waals surface area contributed by atoms with Crippen molar-refractivity contribution in [2.75, 3.05) is 32.7 Å². The normalized spacial score (nSPS) is 26.7. The van der Waals surface area contributed by atoms with Gasteiger partial charge in [0.15, 0.2) is 0 Å². The summed E-state index contributed by atoms with van der Waals surface area (Å²) in [6.07, 6.45) is 1.81. The Labute approximate surface area is 182 Å². The van der Waals surface area contributed by atoms with Crippen LogP contribution in [0.4, 0.5) is 9.18 Å². The Bertz CT molecular complexity index is 687. The second-order valence-corrected chi connectivity index (χ2v) is 8.77. The van der Waals surface area contributed by atoms with E-state index >= 15 is 0 Å². The Balaban J connectivity index is 1.68. The zero-order valence-corrected chi connectivity index (χ0v) is 18.4. The van der Waals surface area contributed by atoms with Gasteiger partial charge < -0.3 is 16.0 Å². The Hall–Kier alpha value is -1.08. The highest BCUT2D eigenvalue weighted by Gasteiger charge is 2.35. The van der Waals surface area contributed by atoms with Crippen LogP contribution in [0.3, 0.4) is 0 Å². The second kappa shape index (κ2) is 10.8. The lowest BCUT2D eigenvalue weighted by molar-refractivity contribution is 0.104. The van der Waals surface area contributed by atoms with Crippen LogP contribution in [-0.4, -0.2) is 55.9 Å². The molecule has 1 aromatic carbocycles. The molecule has 2 aliphatic rings. The van der Waals surface area contributed by atoms with E-state index in [-0.39, 0.29) is 18.0 Å². The molecule has 0 spiro atoms. The highest BCUT2D eigenvalue weighted by molar-refractivity contribution is 6.42. The maximum absolute atomic E-state index is 14.8. The topological polar surface area (TPSA) is 56.4 Å². The van der Waals surface area contributed by atoms with Gasteiger partial charge in [0.25, 0.3) is 0 Å². The minimum Gasteiger partial charge on any atom is -0.338 e. The van der Waals surface area contributed by atoms with Gasteiger partial charge in [-0.1, -0.05) is 35.3 Å². The van der Waals surface area contributed by atoms with E-state index in [0.29, 0.717) is 29.4 Å². The van der Waals surface area contributed by atoms with Crippen LogP contribution in [0, 0.1) is 5.92 Å². The number of amides is 2. The van der Waals surface area contributed by atoms with Crippen molar-refractivity contribution in [1.82, 2.24) is 20.9 Å². The number of nitrogens with zero attached hydrogens (tertiary/aromatic N) is 1. The molecule has 1 aliphatic heterocycles. The van der Waals surface area contributed by atoms with E-state index in [0.717, 1.165) is 44.6 Å². The Morgan fingerprint density at radius 1 is 1.31 bits per heavy atom. The monoisotopic (exact) mass is 444 g/mol. The summed E-state index contributed by atoms with van der Waals surface area (Å²) in [7, 11) is 0. The van der Waals surface area contributed by atoms with Crippen molar-refractivity contribution in [1.29, 1.82) is 0 Å². The van der Waals surface area contributed by atoms with E-state index in [2.05, 4.69) is 20.9 Å². The van der Waals surface area contributed by atoms with Gasteiger partial charge in [-0.05, 0) is 50.2 Å². The second-order valence-electron chi connectivity index (χ2n) is 7.99. The van der Waals surface area contributed by atoms with Crippen molar-refractivity contribution >= 4 is 29.2 Å². The molecule has 29 heavy (non-hydrogen) atoms. The summed E-state index contributed by atoms with van der Waals surface area (Å²) < 4.78 is 14.8. The Morgan fingerprint density at radius 2 is 2.07 bits per heavy atom. The van der Waals surface area contributed by atoms with E-state index in [4.69, 9.17) is 23.2 Å². The molecule has 162 valence electrons. The number of hydrogen-bond donors (Lipinski definition) is 3. The third-order valence-electron chi connectivity index (χ3n) is 6.02. The molecule has 2 amide bonds. The van der Waals surface area contributed by atoms with Gasteiger partial charge >= 0.3 is 6.03 Å². The van der Waals surface area contributed by atoms with Gasteiger partial charge in [0, 0.05) is 38.8 Å². The van der Waals surface area contributed by atoms with Crippen molar-refractivity contribution in [2.45, 2.75) is 50.9 Å². The number of carbonyl (C=O) groups excluding carboxylic acids is 1. The molecule has 1 aliphatic carbocycles. The van der Waals surface area contributed by atoms with Crippen LogP contribution in [0.2, 0.25) is 10.0 Å². The van der Waals surface area contributed by atoms with E-state index in [1.165, 1.54) is 0 Å². The number of halogens is 3. The quantitative estimate of drug-likeness (QED) is 0.617. The molecular formula is C21H31Cl2FN4O. The van der Waals surface area contributed by atoms with E-state index in [1.54, 1.807) is 6.07 Å². The van der Waals surface area contributed by atoms with Crippen LogP contribution < -0.4 is 16.0 Å². The summed E-state index contributed by atoms with van der Waals surface area (Å²) in [4.78, 5) is 14.2. The van der Waals surface area contributed by atoms with Crippen LogP contribution in [0.5, 0.6) is 0 Å². The molecule has 1 saturated heterocycles. The largest absolute Gasteiger partial charge is 0.338 e. The molecular weight excluding hydrogens is 414 g/mol. The number of piperazine rings is 1. The van der Waals surface area contributed by atoms with Gasteiger partial charge in [0.1, 0.15) is 6.17 Å². The van der Waals surface area contributed by atoms with Crippen molar-refractivity contribution in [3.63, 3.8) is 0 Å². The lowest BCUT2D eigenvalue weighted by atomic mass is 9.79. The first-order valence-corrected chi connectivity index (χ1v) is 11.3. The molecule has 0 radical (unpaired) electrons. The van der Waals surface area contributed by atoms with Gasteiger partial charge in [-0.25, -0.2) is 9.18 Å². The van der Waals surface area contributed by atoms with Crippen molar-refractivity contribution in [3.8, 4) is 0 Å². The van der Waals surface area contributed by atoms with Crippen molar-refractivity contribution < 1.29 is 9.18 Å². The molecule has 4 atom stereocenters. The van der Waals surface area contributed by atoms with Gasteiger partial charge in [-0.2, -0.15) is 0 Å². The number of benzene rings is 1. The molecule has 0 aromatic heterocycles. The van der Waals surface area contributed by atoms with Crippen LogP contribution >= 0.6 is 23.2 Å². The SMILES string of the molecule is CCNC(=O)NC1CCC(CC(c2cccc(Cl)c2Cl)N2CCNCC2)CC1F. The first kappa shape index (κ1) is 22.6. The average Bonchev–Trinajstić information content (AvgIpc) is 2.71. The van der Waals surface area contributed by atoms with Crippen LogP contribution in [0.1, 0.15) is 44.2 Å². The summed E-state index contributed by atoms with van der Waals surface area (Å²) in [6.45, 7) is 6.11. The summed E-state index contributed by atoms with van der Waals surface area (Å²) in [5.74, 6) is 0.243. The van der Waals surface area contributed by atoms with E-state index in [1.807, 2.05) is 19.1 Å². The zero-order valence-electron chi connectivity index (χ0n) is 16.9. The fourth-order valence-corrected chi connectivity index (χ4v) is 4.95. The molecule has 3 N–H and O–H groups in total. The van der Waals surface area contributed by atoms with Crippen molar-refractivity contribution in [3.05, 3.63) is 33.8 Å². The van der Waals surface area contributed by atoms with Gasteiger partial charge in [-0.15, -0.1) is 0 Å². The predicted octanol–water partition coefficient (Wildman–Crippen LogP) is 4.16. The number of hydrogen-bond acceptors (Lipinski definition) is 3. The minimum atomic E-state index is -1.03. The maximum Gasteiger partial charge on any atom is 0.315 e. The molecule has 3 rings (SSSR count). The first-order valence-electron chi connectivity index (χ1n) is 10.6. The average molecular weight is 445 g/mol. The van der Waals surface area contributed by atoms with Gasteiger partial charge in [-0.3, -0.25) is 4.90 Å². The van der Waals surface area contributed by atoms with E-state index < -0.39 is 12.2 Å². The van der Waals surface area contributed by atoms with E-state index in [9.17, 15) is 9.18 Å². The first-order chi connectivity index (χ1) is 14.0. The maximum atomic E-state index is 14.8. The third kappa shape index (κ3) is 5.97. The van der Waals surface area contributed by atoms with Gasteiger partial charge in [0.05, 0.1) is 16.1 Å². The fourth-order valence-electron chi connectivity index (χ4n) is 4.51. The Morgan fingerprint density at radius 3 is 2.76 bits per heavy atom. The van der Waals surface area contributed by atoms with Gasteiger partial charge in [0.2, 0.25) is 0 Å². The van der Waals surface area contributed by atoms with Crippen LogP contribution in [0.25, 0.3) is 0 Å². The molecule has 0 bridgehead atoms. The van der Waals surface area contributed by atoms with Crippen molar-refractivity contribution in [2.24, 2.45) is 5.92 Å². The highest BCUT2D eigenvalue weighted by atomic mass is 35.5. The molecule has 8 heteroatoms. The molecule has 5 nitrogen and oxygen atoms in total. The zero-order chi connectivity index (χ0) is 20.8. The standard InChI is InChI=1S/C21H31Cl2FN4O/c1-2-26-21(29)27-18-7-6-14(12-17(18)24)13-19(28-10-8-25-9-11-28)15-4-3-5-16(22)20(15)23/h3-5,14,17-19,25H,2,6-13H2,1H3,(H2,26,27,29). The number of alkyl halides is 1. The predicted molar refractivity (Wildman–Crippen MR) is 116 cm³/mol. The molecule has 1 aromatic rings. The van der Waals surface area contributed by atoms with Crippen LogP contribution in [-0.2, 0) is 0 Å². The number of carbonyl (C=O) groups is 1. The summed E-state index contributed by atoms with van der Waals surface area (Å²) >= 11 is 12.8. The lowest BCUT2D eigenvalue weighted by Gasteiger charge is -2.39. The third-order valence-corrected chi connectivity index (χ3v) is 6.86. The Kier molecular flexibility index (Phi) is 8.42. The molecule has 1 heterocycles. The summed E-state index contributed by atoms with van der Waals surface area (Å²) in [5, 5.41) is 9.99. The fraction of sp³-hybridized carbons (Fsp3) is 0.667. The van der Waals surface area contributed by atoms with Crippen LogP contribution in [0.15, 0.2) is 18.2 Å². The minimum absolute atomic E-state index is 0.119.